The molecule has 1 heterocycles. The van der Waals surface area contributed by atoms with Crippen LogP contribution in [0.5, 0.6) is 11.5 Å². The molecule has 2 N–H and O–H groups in total. The number of para-hydroxylation sites is 1. The van der Waals surface area contributed by atoms with Gasteiger partial charge in [-0.2, -0.15) is 0 Å². The Morgan fingerprint density at radius 3 is 2.29 bits per heavy atom. The molecule has 1 aliphatic heterocycles. The molecule has 194 valence electrons. The first kappa shape index (κ1) is 26.5. The van der Waals surface area contributed by atoms with Crippen LogP contribution < -0.4 is 20.1 Å². The van der Waals surface area contributed by atoms with Gasteiger partial charge in [-0.05, 0) is 66.7 Å². The van der Waals surface area contributed by atoms with Crippen LogP contribution in [-0.4, -0.2) is 48.1 Å². The molecule has 10 heteroatoms. The highest BCUT2D eigenvalue weighted by atomic mass is 32.2. The van der Waals surface area contributed by atoms with Crippen LogP contribution in [0.3, 0.4) is 0 Å². The quantitative estimate of drug-likeness (QED) is 0.385. The van der Waals surface area contributed by atoms with Crippen LogP contribution in [-0.2, 0) is 14.4 Å². The zero-order valence-corrected chi connectivity index (χ0v) is 21.5. The van der Waals surface area contributed by atoms with Crippen LogP contribution in [0.1, 0.15) is 11.1 Å². The molecule has 4 amide bonds. The molecule has 0 spiro atoms. The maximum absolute atomic E-state index is 12.8. The maximum Gasteiger partial charge on any atom is 0.294 e. The average Bonchev–Trinajstić information content (AvgIpc) is 3.16. The minimum absolute atomic E-state index is 0.177. The molecule has 3 aromatic carbocycles. The Morgan fingerprint density at radius 2 is 1.58 bits per heavy atom. The normalized spacial score (nSPS) is 13.9. The molecule has 0 atom stereocenters. The lowest BCUT2D eigenvalue weighted by molar-refractivity contribution is -0.127. The number of anilines is 2. The first-order valence-corrected chi connectivity index (χ1v) is 12.4. The first-order chi connectivity index (χ1) is 18.3. The van der Waals surface area contributed by atoms with Crippen LogP contribution in [0.25, 0.3) is 6.08 Å². The number of rotatable bonds is 9. The van der Waals surface area contributed by atoms with Gasteiger partial charge in [-0.25, -0.2) is 0 Å². The van der Waals surface area contributed by atoms with E-state index >= 15 is 0 Å². The maximum atomic E-state index is 12.8. The number of benzene rings is 3. The summed E-state index contributed by atoms with van der Waals surface area (Å²) in [5.74, 6) is -0.674. The Kier molecular flexibility index (Phi) is 8.44. The SMILES string of the molecule is COc1cc(/C=C2/SC(=O)N(CC(=O)Nc3ccccc3)C2=O)ccc1OCC(=O)Nc1ccc(C)cc1. The molecule has 1 aliphatic rings. The number of hydrogen-bond acceptors (Lipinski definition) is 7. The molecule has 3 aromatic rings. The van der Waals surface area contributed by atoms with Gasteiger partial charge in [0.15, 0.2) is 18.1 Å². The van der Waals surface area contributed by atoms with Crippen LogP contribution in [0.4, 0.5) is 16.2 Å². The van der Waals surface area contributed by atoms with Crippen molar-refractivity contribution in [3.63, 3.8) is 0 Å². The van der Waals surface area contributed by atoms with Crippen molar-refractivity contribution in [1.29, 1.82) is 0 Å². The summed E-state index contributed by atoms with van der Waals surface area (Å²) in [5, 5.41) is 4.88. The van der Waals surface area contributed by atoms with E-state index in [1.807, 2.05) is 25.1 Å². The summed E-state index contributed by atoms with van der Waals surface area (Å²) in [6.07, 6.45) is 1.54. The number of amides is 4. The third-order valence-electron chi connectivity index (χ3n) is 5.41. The Labute approximate surface area is 223 Å². The number of imide groups is 1. The van der Waals surface area contributed by atoms with Gasteiger partial charge >= 0.3 is 0 Å². The molecule has 1 fully saturated rings. The van der Waals surface area contributed by atoms with E-state index in [-0.39, 0.29) is 17.4 Å². The number of methoxy groups -OCH3 is 1. The molecule has 9 nitrogen and oxygen atoms in total. The number of carbonyl (C=O) groups excluding carboxylic acids is 4. The Hall–Kier alpha value is -4.57. The predicted molar refractivity (Wildman–Crippen MR) is 146 cm³/mol. The van der Waals surface area contributed by atoms with Crippen molar-refractivity contribution in [3.05, 3.63) is 88.8 Å². The van der Waals surface area contributed by atoms with E-state index in [9.17, 15) is 19.2 Å². The van der Waals surface area contributed by atoms with Crippen molar-refractivity contribution in [1.82, 2.24) is 4.90 Å². The van der Waals surface area contributed by atoms with E-state index in [0.717, 1.165) is 22.2 Å². The fourth-order valence-corrected chi connectivity index (χ4v) is 4.36. The molecule has 0 bridgehead atoms. The van der Waals surface area contributed by atoms with E-state index in [0.29, 0.717) is 28.4 Å². The topological polar surface area (TPSA) is 114 Å². The molecule has 38 heavy (non-hydrogen) atoms. The van der Waals surface area contributed by atoms with Crippen molar-refractivity contribution in [2.45, 2.75) is 6.92 Å². The van der Waals surface area contributed by atoms with Crippen molar-refractivity contribution in [2.24, 2.45) is 0 Å². The summed E-state index contributed by atoms with van der Waals surface area (Å²) < 4.78 is 11.0. The predicted octanol–water partition coefficient (Wildman–Crippen LogP) is 4.70. The second-order valence-electron chi connectivity index (χ2n) is 8.30. The molecule has 0 unspecified atom stereocenters. The summed E-state index contributed by atoms with van der Waals surface area (Å²) in [6.45, 7) is 1.34. The van der Waals surface area contributed by atoms with Gasteiger partial charge in [-0.3, -0.25) is 24.1 Å². The third kappa shape index (κ3) is 6.80. The van der Waals surface area contributed by atoms with Crippen molar-refractivity contribution >= 4 is 52.2 Å². The smallest absolute Gasteiger partial charge is 0.294 e. The Bertz CT molecular complexity index is 1390. The van der Waals surface area contributed by atoms with Crippen LogP contribution >= 0.6 is 11.8 Å². The highest BCUT2D eigenvalue weighted by molar-refractivity contribution is 8.18. The summed E-state index contributed by atoms with van der Waals surface area (Å²) >= 11 is 0.752. The number of carbonyl (C=O) groups is 4. The van der Waals surface area contributed by atoms with Gasteiger partial charge in [0.05, 0.1) is 12.0 Å². The van der Waals surface area contributed by atoms with E-state index in [2.05, 4.69) is 10.6 Å². The first-order valence-electron chi connectivity index (χ1n) is 11.6. The zero-order chi connectivity index (χ0) is 27.1. The number of ether oxygens (including phenoxy) is 2. The highest BCUT2D eigenvalue weighted by Crippen LogP contribution is 2.34. The van der Waals surface area contributed by atoms with Gasteiger partial charge in [0.1, 0.15) is 6.54 Å². The number of thioether (sulfide) groups is 1. The number of aryl methyl sites for hydroxylation is 1. The second-order valence-corrected chi connectivity index (χ2v) is 9.29. The van der Waals surface area contributed by atoms with Crippen molar-refractivity contribution < 1.29 is 28.7 Å². The lowest BCUT2D eigenvalue weighted by Crippen LogP contribution is -2.36. The molecule has 0 aromatic heterocycles. The molecule has 0 radical (unpaired) electrons. The van der Waals surface area contributed by atoms with E-state index in [1.165, 1.54) is 13.2 Å². The largest absolute Gasteiger partial charge is 0.493 e. The number of nitrogens with zero attached hydrogens (tertiary/aromatic N) is 1. The minimum atomic E-state index is -0.560. The lowest BCUT2D eigenvalue weighted by atomic mass is 10.2. The molecule has 0 saturated carbocycles. The van der Waals surface area contributed by atoms with E-state index < -0.39 is 23.6 Å². The second kappa shape index (κ2) is 12.1. The summed E-state index contributed by atoms with van der Waals surface area (Å²) in [6, 6.07) is 21.1. The Balaban J connectivity index is 1.37. The van der Waals surface area contributed by atoms with Gasteiger partial charge in [0.2, 0.25) is 5.91 Å². The molecular weight excluding hydrogens is 506 g/mol. The van der Waals surface area contributed by atoms with Crippen LogP contribution in [0.15, 0.2) is 77.7 Å². The zero-order valence-electron chi connectivity index (χ0n) is 20.7. The molecule has 4 rings (SSSR count). The average molecular weight is 532 g/mol. The van der Waals surface area contributed by atoms with Crippen molar-refractivity contribution in [2.75, 3.05) is 30.9 Å². The van der Waals surface area contributed by atoms with Crippen LogP contribution in [0.2, 0.25) is 0 Å². The summed E-state index contributed by atoms with van der Waals surface area (Å²) in [5.41, 5.74) is 2.90. The van der Waals surface area contributed by atoms with E-state index in [1.54, 1.807) is 54.6 Å². The standard InChI is InChI=1S/C28H25N3O6S/c1-18-8-11-21(12-9-18)30-26(33)17-37-22-13-10-19(14-23(22)36-2)15-24-27(34)31(28(35)38-24)16-25(32)29-20-6-4-3-5-7-20/h3-15H,16-17H2,1-2H3,(H,29,32)(H,30,33)/b24-15+. The summed E-state index contributed by atoms with van der Waals surface area (Å²) in [7, 11) is 1.46. The van der Waals surface area contributed by atoms with Crippen LogP contribution in [0, 0.1) is 6.92 Å². The fourth-order valence-electron chi connectivity index (χ4n) is 3.52. The molecular formula is C28H25N3O6S. The van der Waals surface area contributed by atoms with Gasteiger partial charge in [-0.15, -0.1) is 0 Å². The van der Waals surface area contributed by atoms with Crippen molar-refractivity contribution in [3.8, 4) is 11.5 Å². The van der Waals surface area contributed by atoms with Gasteiger partial charge in [-0.1, -0.05) is 42.0 Å². The fraction of sp³-hybridized carbons (Fsp3) is 0.143. The minimum Gasteiger partial charge on any atom is -0.493 e. The Morgan fingerprint density at radius 1 is 0.895 bits per heavy atom. The van der Waals surface area contributed by atoms with Gasteiger partial charge in [0, 0.05) is 11.4 Å². The monoisotopic (exact) mass is 531 g/mol. The van der Waals surface area contributed by atoms with E-state index in [4.69, 9.17) is 9.47 Å². The van der Waals surface area contributed by atoms with Gasteiger partial charge in [0.25, 0.3) is 17.1 Å². The summed E-state index contributed by atoms with van der Waals surface area (Å²) in [4.78, 5) is 50.9. The molecule has 1 saturated heterocycles. The number of hydrogen-bond donors (Lipinski definition) is 2. The third-order valence-corrected chi connectivity index (χ3v) is 6.32. The van der Waals surface area contributed by atoms with Gasteiger partial charge < -0.3 is 20.1 Å². The number of nitrogens with one attached hydrogen (secondary N) is 2. The highest BCUT2D eigenvalue weighted by Gasteiger charge is 2.36. The molecule has 0 aliphatic carbocycles. The lowest BCUT2D eigenvalue weighted by Gasteiger charge is -2.12.